The van der Waals surface area contributed by atoms with E-state index in [4.69, 9.17) is 9.47 Å². The number of nitrogens with zero attached hydrogens (tertiary/aromatic N) is 4. The summed E-state index contributed by atoms with van der Waals surface area (Å²) in [5, 5.41) is 8.75. The van der Waals surface area contributed by atoms with Gasteiger partial charge in [-0.3, -0.25) is 0 Å². The topological polar surface area (TPSA) is 74.1 Å². The van der Waals surface area contributed by atoms with Crippen LogP contribution in [-0.2, 0) is 6.54 Å². The van der Waals surface area contributed by atoms with E-state index < -0.39 is 0 Å². The third kappa shape index (κ3) is 3.27. The predicted molar refractivity (Wildman–Crippen MR) is 112 cm³/mol. The second-order valence-corrected chi connectivity index (χ2v) is 6.65. The highest BCUT2D eigenvalue weighted by Gasteiger charge is 2.13. The van der Waals surface area contributed by atoms with Crippen molar-refractivity contribution < 1.29 is 9.47 Å². The third-order valence-corrected chi connectivity index (χ3v) is 4.78. The van der Waals surface area contributed by atoms with Crippen molar-refractivity contribution in [1.29, 1.82) is 0 Å². The van der Waals surface area contributed by atoms with Gasteiger partial charge < -0.3 is 14.8 Å². The number of benzene rings is 2. The lowest BCUT2D eigenvalue weighted by Crippen LogP contribution is -2.15. The fraction of sp³-hybridized carbons (Fsp3) is 0.136. The first-order chi connectivity index (χ1) is 14.3. The Morgan fingerprint density at radius 3 is 2.86 bits per heavy atom. The van der Waals surface area contributed by atoms with E-state index in [9.17, 15) is 0 Å². The van der Waals surface area contributed by atoms with Gasteiger partial charge in [-0.2, -0.15) is 5.10 Å². The number of ether oxygens (including phenoxy) is 2. The van der Waals surface area contributed by atoms with E-state index in [1.54, 1.807) is 17.2 Å². The Morgan fingerprint density at radius 2 is 1.97 bits per heavy atom. The van der Waals surface area contributed by atoms with E-state index >= 15 is 0 Å². The highest BCUT2D eigenvalue weighted by atomic mass is 16.6. The summed E-state index contributed by atoms with van der Waals surface area (Å²) in [6.45, 7) is 5.58. The molecule has 0 unspecified atom stereocenters. The Labute approximate surface area is 167 Å². The van der Waals surface area contributed by atoms with Crippen molar-refractivity contribution in [3.63, 3.8) is 0 Å². The molecule has 0 spiro atoms. The largest absolute Gasteiger partial charge is 0.486 e. The molecule has 5 rings (SSSR count). The highest BCUT2D eigenvalue weighted by molar-refractivity contribution is 5.87. The summed E-state index contributed by atoms with van der Waals surface area (Å²) >= 11 is 0. The van der Waals surface area contributed by atoms with Crippen molar-refractivity contribution in [2.45, 2.75) is 6.54 Å². The van der Waals surface area contributed by atoms with Crippen LogP contribution in [0.5, 0.6) is 11.5 Å². The van der Waals surface area contributed by atoms with Crippen LogP contribution in [-0.4, -0.2) is 33.0 Å². The summed E-state index contributed by atoms with van der Waals surface area (Å²) in [4.78, 5) is 8.84. The molecule has 0 fully saturated rings. The van der Waals surface area contributed by atoms with E-state index in [-0.39, 0.29) is 0 Å². The minimum Gasteiger partial charge on any atom is -0.486 e. The maximum Gasteiger partial charge on any atom is 0.168 e. The van der Waals surface area contributed by atoms with E-state index in [0.29, 0.717) is 19.8 Å². The van der Waals surface area contributed by atoms with Gasteiger partial charge in [-0.1, -0.05) is 30.9 Å². The molecule has 3 heterocycles. The average Bonchev–Trinajstić information content (AvgIpc) is 3.22. The molecule has 0 saturated carbocycles. The monoisotopic (exact) mass is 385 g/mol. The lowest BCUT2D eigenvalue weighted by atomic mass is 10.2. The zero-order chi connectivity index (χ0) is 19.6. The standard InChI is InChI=1S/C22H19N5O2/c1-2-15-4-3-5-17(10-15)27-22-18(13-26-27)21(24-14-25-22)23-12-16-6-7-19-20(11-16)29-9-8-28-19/h2-7,10-11,13-14H,1,8-9,12H2,(H,23,24,25). The molecule has 4 aromatic rings. The SMILES string of the molecule is C=Cc1cccc(-n2ncc3c(NCc4ccc5c(c4)OCCO5)ncnc32)c1. The first kappa shape index (κ1) is 17.2. The van der Waals surface area contributed by atoms with Gasteiger partial charge in [-0.25, -0.2) is 14.6 Å². The number of hydrogen-bond acceptors (Lipinski definition) is 6. The zero-order valence-corrected chi connectivity index (χ0v) is 15.7. The van der Waals surface area contributed by atoms with Crippen molar-refractivity contribution in [3.8, 4) is 17.2 Å². The summed E-state index contributed by atoms with van der Waals surface area (Å²) in [5.41, 5.74) is 3.77. The number of fused-ring (bicyclic) bond motifs is 2. The van der Waals surface area contributed by atoms with Crippen molar-refractivity contribution in [3.05, 3.63) is 72.7 Å². The first-order valence-corrected chi connectivity index (χ1v) is 9.36. The van der Waals surface area contributed by atoms with Gasteiger partial charge in [0.05, 0.1) is 17.3 Å². The van der Waals surface area contributed by atoms with Gasteiger partial charge in [0, 0.05) is 6.54 Å². The molecule has 1 aliphatic heterocycles. The van der Waals surface area contributed by atoms with Crippen LogP contribution >= 0.6 is 0 Å². The normalized spacial score (nSPS) is 12.7. The van der Waals surface area contributed by atoms with Crippen molar-refractivity contribution in [1.82, 2.24) is 19.7 Å². The Morgan fingerprint density at radius 1 is 1.07 bits per heavy atom. The summed E-state index contributed by atoms with van der Waals surface area (Å²) in [5.74, 6) is 2.29. The number of nitrogens with one attached hydrogen (secondary N) is 1. The number of anilines is 1. The molecule has 7 heteroatoms. The zero-order valence-electron chi connectivity index (χ0n) is 15.7. The summed E-state index contributed by atoms with van der Waals surface area (Å²) in [6.07, 6.45) is 5.14. The second-order valence-electron chi connectivity index (χ2n) is 6.65. The Hall–Kier alpha value is -3.87. The van der Waals surface area contributed by atoms with Crippen LogP contribution in [0.15, 0.2) is 61.6 Å². The fourth-order valence-electron chi connectivity index (χ4n) is 3.34. The summed E-state index contributed by atoms with van der Waals surface area (Å²) in [6, 6.07) is 13.9. The fourth-order valence-corrected chi connectivity index (χ4v) is 3.34. The van der Waals surface area contributed by atoms with E-state index in [1.807, 2.05) is 48.5 Å². The van der Waals surface area contributed by atoms with Crippen molar-refractivity contribution in [2.24, 2.45) is 0 Å². The van der Waals surface area contributed by atoms with Crippen molar-refractivity contribution in [2.75, 3.05) is 18.5 Å². The number of hydrogen-bond donors (Lipinski definition) is 1. The maximum atomic E-state index is 5.66. The lowest BCUT2D eigenvalue weighted by Gasteiger charge is -2.19. The summed E-state index contributed by atoms with van der Waals surface area (Å²) < 4.78 is 13.0. The number of rotatable bonds is 5. The van der Waals surface area contributed by atoms with Crippen LogP contribution in [0.2, 0.25) is 0 Å². The molecular weight excluding hydrogens is 366 g/mol. The van der Waals surface area contributed by atoms with Gasteiger partial charge in [-0.15, -0.1) is 0 Å². The first-order valence-electron chi connectivity index (χ1n) is 9.36. The Kier molecular flexibility index (Phi) is 4.32. The minimum atomic E-state index is 0.572. The van der Waals surface area contributed by atoms with Gasteiger partial charge in [0.25, 0.3) is 0 Å². The van der Waals surface area contributed by atoms with Gasteiger partial charge in [0.2, 0.25) is 0 Å². The molecule has 1 N–H and O–H groups in total. The van der Waals surface area contributed by atoms with Crippen LogP contribution in [0.3, 0.4) is 0 Å². The summed E-state index contributed by atoms with van der Waals surface area (Å²) in [7, 11) is 0. The third-order valence-electron chi connectivity index (χ3n) is 4.78. The van der Waals surface area contributed by atoms with Crippen LogP contribution < -0.4 is 14.8 Å². The molecule has 0 radical (unpaired) electrons. The molecule has 0 aliphatic carbocycles. The quantitative estimate of drug-likeness (QED) is 0.563. The molecule has 0 atom stereocenters. The van der Waals surface area contributed by atoms with E-state index in [2.05, 4.69) is 27.0 Å². The van der Waals surface area contributed by atoms with Gasteiger partial charge >= 0.3 is 0 Å². The van der Waals surface area contributed by atoms with Gasteiger partial charge in [-0.05, 0) is 35.4 Å². The Balaban J connectivity index is 1.42. The van der Waals surface area contributed by atoms with Gasteiger partial charge in [0.15, 0.2) is 17.1 Å². The van der Waals surface area contributed by atoms with E-state index in [0.717, 1.165) is 45.2 Å². The molecule has 1 aliphatic rings. The minimum absolute atomic E-state index is 0.572. The van der Waals surface area contributed by atoms with Crippen molar-refractivity contribution >= 4 is 22.9 Å². The molecule has 144 valence electrons. The second kappa shape index (κ2) is 7.27. The molecular formula is C22H19N5O2. The molecule has 2 aromatic heterocycles. The van der Waals surface area contributed by atoms with Crippen LogP contribution in [0.1, 0.15) is 11.1 Å². The number of aromatic nitrogens is 4. The molecule has 29 heavy (non-hydrogen) atoms. The van der Waals surface area contributed by atoms with Gasteiger partial charge in [0.1, 0.15) is 25.4 Å². The molecule has 7 nitrogen and oxygen atoms in total. The maximum absolute atomic E-state index is 5.66. The van der Waals surface area contributed by atoms with Crippen LogP contribution in [0.25, 0.3) is 22.8 Å². The predicted octanol–water partition coefficient (Wildman–Crippen LogP) is 3.84. The Bertz CT molecular complexity index is 1200. The molecule has 0 bridgehead atoms. The highest BCUT2D eigenvalue weighted by Crippen LogP contribution is 2.31. The van der Waals surface area contributed by atoms with Crippen LogP contribution in [0.4, 0.5) is 5.82 Å². The smallest absolute Gasteiger partial charge is 0.168 e. The lowest BCUT2D eigenvalue weighted by molar-refractivity contribution is 0.171. The van der Waals surface area contributed by atoms with Crippen LogP contribution in [0, 0.1) is 0 Å². The molecule has 0 saturated heterocycles. The molecule has 2 aromatic carbocycles. The van der Waals surface area contributed by atoms with E-state index in [1.165, 1.54) is 0 Å². The molecule has 0 amide bonds. The average molecular weight is 385 g/mol.